The molecule has 0 aliphatic rings. The number of aryl methyl sites for hydroxylation is 7. The topological polar surface area (TPSA) is 190 Å². The van der Waals surface area contributed by atoms with Crippen molar-refractivity contribution in [1.29, 1.82) is 0 Å². The molecule has 0 bridgehead atoms. The highest BCUT2D eigenvalue weighted by Gasteiger charge is 2.09. The number of benzene rings is 4. The van der Waals surface area contributed by atoms with Gasteiger partial charge >= 0.3 is 0 Å². The highest BCUT2D eigenvalue weighted by molar-refractivity contribution is 9.09. The molecule has 0 amide bonds. The number of nitrogens with zero attached hydrogens (tertiary/aromatic N) is 6. The predicted octanol–water partition coefficient (Wildman–Crippen LogP) is 11.4. The first kappa shape index (κ1) is 51.7. The molecule has 0 saturated heterocycles. The Labute approximate surface area is 348 Å². The maximum Gasteiger partial charge on any atom is 0.271 e. The van der Waals surface area contributed by atoms with Gasteiger partial charge in [-0.1, -0.05) is 104 Å². The Kier molecular flexibility index (Phi) is 26.6. The van der Waals surface area contributed by atoms with Gasteiger partial charge in [-0.2, -0.15) is 20.0 Å². The van der Waals surface area contributed by atoms with Gasteiger partial charge in [0.25, 0.3) is 5.69 Å². The number of carbonyl (C=O) groups excluding carboxylic acids is 5. The summed E-state index contributed by atoms with van der Waals surface area (Å²) in [6, 6.07) is 20.1. The van der Waals surface area contributed by atoms with Crippen LogP contribution >= 0.6 is 15.9 Å². The van der Waals surface area contributed by atoms with Crippen LogP contribution in [0, 0.1) is 44.7 Å². The minimum Gasteiger partial charge on any atom is -0.258 e. The SMILES string of the molecule is CCc1cccc(CC)c1N=C=O.Cc1cc(C)c(N=C=O)c(C)c1.Cc1ccc([N+](=O)[O-])cc1N=C=O.Cc1cccc(C(C)C)c1N=C=O.O=C=NCCCBr. The Hall–Kier alpha value is -6.34. The first-order valence-corrected chi connectivity index (χ1v) is 19.3. The van der Waals surface area contributed by atoms with Gasteiger partial charge in [0.1, 0.15) is 0 Å². The number of nitro benzene ring substituents is 1. The Balaban J connectivity index is 0.000000710. The van der Waals surface area contributed by atoms with Gasteiger partial charge in [0.05, 0.1) is 34.2 Å². The summed E-state index contributed by atoms with van der Waals surface area (Å²) in [4.78, 5) is 77.4. The normalized spacial score (nSPS) is 9.16. The number of halogens is 1. The van der Waals surface area contributed by atoms with Crippen LogP contribution < -0.4 is 0 Å². The second-order valence-electron chi connectivity index (χ2n) is 12.6. The molecule has 4 aromatic carbocycles. The van der Waals surface area contributed by atoms with Gasteiger partial charge < -0.3 is 0 Å². The predicted molar refractivity (Wildman–Crippen MR) is 231 cm³/mol. The summed E-state index contributed by atoms with van der Waals surface area (Å²) in [5.41, 5.74) is 10.8. The summed E-state index contributed by atoms with van der Waals surface area (Å²) in [6.45, 7) is 18.4. The molecule has 304 valence electrons. The van der Waals surface area contributed by atoms with Crippen molar-refractivity contribution in [3.63, 3.8) is 0 Å². The van der Waals surface area contributed by atoms with Crippen molar-refractivity contribution in [2.75, 3.05) is 11.9 Å². The van der Waals surface area contributed by atoms with E-state index in [0.717, 1.165) is 75.0 Å². The van der Waals surface area contributed by atoms with Crippen molar-refractivity contribution < 1.29 is 28.9 Å². The molecule has 0 aromatic heterocycles. The summed E-state index contributed by atoms with van der Waals surface area (Å²) in [7, 11) is 0. The molecule has 0 fully saturated rings. The Bertz CT molecular complexity index is 2150. The summed E-state index contributed by atoms with van der Waals surface area (Å²) in [5, 5.41) is 11.2. The first-order valence-electron chi connectivity index (χ1n) is 18.2. The van der Waals surface area contributed by atoms with Gasteiger partial charge in [-0.05, 0) is 98.7 Å². The van der Waals surface area contributed by atoms with Gasteiger partial charge in [-0.25, -0.2) is 29.0 Å². The monoisotopic (exact) mass is 852 g/mol. The third-order valence-electron chi connectivity index (χ3n) is 8.00. The fraction of sp³-hybridized carbons (Fsp3) is 0.341. The van der Waals surface area contributed by atoms with Crippen LogP contribution in [0.15, 0.2) is 91.7 Å². The second-order valence-corrected chi connectivity index (χ2v) is 13.4. The number of rotatable bonds is 11. The van der Waals surface area contributed by atoms with Gasteiger partial charge in [0.2, 0.25) is 30.4 Å². The lowest BCUT2D eigenvalue weighted by atomic mass is 9.99. The van der Waals surface area contributed by atoms with E-state index in [9.17, 15) is 34.1 Å². The molecule has 0 heterocycles. The van der Waals surface area contributed by atoms with Crippen molar-refractivity contribution in [2.45, 2.75) is 87.5 Å². The van der Waals surface area contributed by atoms with E-state index >= 15 is 0 Å². The van der Waals surface area contributed by atoms with Crippen molar-refractivity contribution >= 4 is 74.8 Å². The molecule has 0 aliphatic heterocycles. The number of nitro groups is 1. The Morgan fingerprint density at radius 2 is 1.16 bits per heavy atom. The third kappa shape index (κ3) is 19.0. The van der Waals surface area contributed by atoms with Crippen LogP contribution in [0.4, 0.5) is 28.4 Å². The van der Waals surface area contributed by atoms with E-state index in [0.29, 0.717) is 18.0 Å². The molecule has 0 saturated carbocycles. The second kappa shape index (κ2) is 29.9. The zero-order valence-electron chi connectivity index (χ0n) is 34.4. The molecule has 0 atom stereocenters. The van der Waals surface area contributed by atoms with Crippen LogP contribution in [0.3, 0.4) is 0 Å². The number of aliphatic imine (C=N–C) groups is 5. The smallest absolute Gasteiger partial charge is 0.258 e. The van der Waals surface area contributed by atoms with Crippen molar-refractivity contribution in [2.24, 2.45) is 25.0 Å². The van der Waals surface area contributed by atoms with E-state index in [-0.39, 0.29) is 11.4 Å². The first-order chi connectivity index (χ1) is 27.7. The van der Waals surface area contributed by atoms with Gasteiger partial charge in [0, 0.05) is 17.5 Å². The van der Waals surface area contributed by atoms with Gasteiger partial charge in [-0.3, -0.25) is 10.1 Å². The standard InChI is InChI=1S/2C11H13NO.C10H11NO.C8H6N2O3.C4H6BrNO/c1-8(2)10-6-4-5-9(3)11(10)12-7-13;1-3-9-6-5-7-10(4-2)11(9)12-8-13;1-7-4-8(2)10(11-6-12)9(3)5-7;1-6-2-3-7(10(12)13)4-8(6)9-5-11;5-2-1-3-6-4-7/h4-6,8H,1-3H3;5-7H,3-4H2,1-2H3;4-5H,1-3H3;2-4H,1H3;1-3H2. The van der Waals surface area contributed by atoms with E-state index in [2.05, 4.69) is 68.6 Å². The molecule has 0 spiro atoms. The van der Waals surface area contributed by atoms with Crippen LogP contribution in [-0.2, 0) is 36.8 Å². The fourth-order valence-corrected chi connectivity index (χ4v) is 5.46. The molecule has 0 aliphatic carbocycles. The molecule has 58 heavy (non-hydrogen) atoms. The zero-order valence-corrected chi connectivity index (χ0v) is 36.0. The highest BCUT2D eigenvalue weighted by atomic mass is 79.9. The summed E-state index contributed by atoms with van der Waals surface area (Å²) in [6.07, 6.45) is 10.3. The average Bonchev–Trinajstić information content (AvgIpc) is 3.19. The van der Waals surface area contributed by atoms with Crippen molar-refractivity contribution in [3.05, 3.63) is 121 Å². The summed E-state index contributed by atoms with van der Waals surface area (Å²) in [5.74, 6) is 0.381. The zero-order chi connectivity index (χ0) is 44.0. The minimum absolute atomic E-state index is 0.0837. The lowest BCUT2D eigenvalue weighted by molar-refractivity contribution is -0.384. The Morgan fingerprint density at radius 1 is 0.638 bits per heavy atom. The average molecular weight is 854 g/mol. The van der Waals surface area contributed by atoms with E-state index in [1.165, 1.54) is 35.9 Å². The molecule has 0 N–H and O–H groups in total. The molecule has 4 rings (SSSR count). The largest absolute Gasteiger partial charge is 0.271 e. The number of non-ortho nitro benzene ring substituents is 1. The van der Waals surface area contributed by atoms with E-state index in [4.69, 9.17) is 0 Å². The summed E-state index contributed by atoms with van der Waals surface area (Å²) >= 11 is 3.19. The van der Waals surface area contributed by atoms with Crippen LogP contribution in [-0.4, -0.2) is 47.2 Å². The fourth-order valence-electron chi connectivity index (χ4n) is 5.21. The highest BCUT2D eigenvalue weighted by Crippen LogP contribution is 2.29. The minimum atomic E-state index is -0.538. The van der Waals surface area contributed by atoms with Gasteiger partial charge in [0.15, 0.2) is 0 Å². The summed E-state index contributed by atoms with van der Waals surface area (Å²) < 4.78 is 0. The van der Waals surface area contributed by atoms with E-state index < -0.39 is 4.92 Å². The maximum absolute atomic E-state index is 10.3. The van der Waals surface area contributed by atoms with Crippen LogP contribution in [0.2, 0.25) is 0 Å². The lowest BCUT2D eigenvalue weighted by Gasteiger charge is -2.09. The molecule has 13 nitrogen and oxygen atoms in total. The molecule has 14 heteroatoms. The van der Waals surface area contributed by atoms with Crippen molar-refractivity contribution in [1.82, 2.24) is 0 Å². The number of hydrogen-bond donors (Lipinski definition) is 0. The lowest BCUT2D eigenvalue weighted by Crippen LogP contribution is -1.89. The number of alkyl halides is 1. The van der Waals surface area contributed by atoms with Crippen LogP contribution in [0.25, 0.3) is 0 Å². The van der Waals surface area contributed by atoms with Gasteiger partial charge in [-0.15, -0.1) is 0 Å². The van der Waals surface area contributed by atoms with E-state index in [1.807, 2.05) is 76.2 Å². The molecular weight excluding hydrogens is 804 g/mol. The molecule has 0 radical (unpaired) electrons. The van der Waals surface area contributed by atoms with Crippen molar-refractivity contribution in [3.8, 4) is 0 Å². The van der Waals surface area contributed by atoms with Crippen LogP contribution in [0.1, 0.15) is 84.5 Å². The Morgan fingerprint density at radius 3 is 1.62 bits per heavy atom. The number of isocyanates is 5. The van der Waals surface area contributed by atoms with E-state index in [1.54, 1.807) is 25.2 Å². The molecular formula is C44H49BrN6O7. The quantitative estimate of drug-likeness (QED) is 0.0358. The third-order valence-corrected chi connectivity index (χ3v) is 8.56. The maximum atomic E-state index is 10.3. The molecule has 4 aromatic rings. The van der Waals surface area contributed by atoms with Crippen LogP contribution in [0.5, 0.6) is 0 Å². The number of hydrogen-bond acceptors (Lipinski definition) is 12. The molecule has 0 unspecified atom stereocenters. The number of para-hydroxylation sites is 2.